The molecule has 1 aromatic rings. The highest BCUT2D eigenvalue weighted by Crippen LogP contribution is 2.28. The molecule has 1 aromatic carbocycles. The lowest BCUT2D eigenvalue weighted by molar-refractivity contribution is 0.257. The van der Waals surface area contributed by atoms with Gasteiger partial charge in [-0.3, -0.25) is 4.90 Å². The number of rotatable bonds is 2. The summed E-state index contributed by atoms with van der Waals surface area (Å²) in [6.07, 6.45) is 1.09. The van der Waals surface area contributed by atoms with E-state index in [0.717, 1.165) is 26.1 Å². The molecule has 2 aliphatic heterocycles. The van der Waals surface area contributed by atoms with Crippen LogP contribution in [0.5, 0.6) is 0 Å². The van der Waals surface area contributed by atoms with Gasteiger partial charge in [-0.2, -0.15) is 0 Å². The second kappa shape index (κ2) is 6.55. The second-order valence-electron chi connectivity index (χ2n) is 6.08. The van der Waals surface area contributed by atoms with Crippen molar-refractivity contribution in [3.8, 4) is 0 Å². The van der Waals surface area contributed by atoms with Crippen molar-refractivity contribution in [1.82, 2.24) is 4.90 Å². The maximum absolute atomic E-state index is 11.8. The third-order valence-corrected chi connectivity index (χ3v) is 6.04. The van der Waals surface area contributed by atoms with Crippen LogP contribution in [0.3, 0.4) is 0 Å². The summed E-state index contributed by atoms with van der Waals surface area (Å²) in [5.74, 6) is 0.835. The van der Waals surface area contributed by atoms with E-state index in [4.69, 9.17) is 0 Å². The van der Waals surface area contributed by atoms with Crippen molar-refractivity contribution in [3.63, 3.8) is 0 Å². The van der Waals surface area contributed by atoms with E-state index in [-0.39, 0.29) is 18.3 Å². The van der Waals surface area contributed by atoms with Gasteiger partial charge >= 0.3 is 0 Å². The molecule has 6 heteroatoms. The first-order chi connectivity index (χ1) is 9.53. The Kier molecular flexibility index (Phi) is 5.17. The zero-order valence-electron chi connectivity index (χ0n) is 12.3. The number of benzene rings is 1. The summed E-state index contributed by atoms with van der Waals surface area (Å²) >= 11 is 0. The molecule has 1 N–H and O–H groups in total. The van der Waals surface area contributed by atoms with Crippen molar-refractivity contribution >= 4 is 27.9 Å². The lowest BCUT2D eigenvalue weighted by Gasteiger charge is -2.23. The zero-order valence-corrected chi connectivity index (χ0v) is 14.0. The van der Waals surface area contributed by atoms with E-state index in [1.54, 1.807) is 0 Å². The molecule has 0 amide bonds. The van der Waals surface area contributed by atoms with E-state index in [1.165, 1.54) is 16.8 Å². The molecule has 0 bridgehead atoms. The quantitative estimate of drug-likeness (QED) is 0.900. The van der Waals surface area contributed by atoms with Gasteiger partial charge < -0.3 is 5.32 Å². The van der Waals surface area contributed by atoms with Crippen molar-refractivity contribution in [1.29, 1.82) is 0 Å². The first-order valence-electron chi connectivity index (χ1n) is 7.31. The van der Waals surface area contributed by atoms with Crippen molar-refractivity contribution in [2.45, 2.75) is 19.9 Å². The Balaban J connectivity index is 0.00000161. The minimum Gasteiger partial charge on any atom is -0.384 e. The Morgan fingerprint density at radius 1 is 1.38 bits per heavy atom. The number of para-hydroxylation sites is 1. The SMILES string of the molecule is CC1CN(Cc2cccc3c2NCC3)CCS(=O)(=O)C1.Cl. The molecule has 2 aliphatic rings. The molecule has 3 rings (SSSR count). The maximum atomic E-state index is 11.8. The molecule has 4 nitrogen and oxygen atoms in total. The van der Waals surface area contributed by atoms with Crippen molar-refractivity contribution in [3.05, 3.63) is 29.3 Å². The fraction of sp³-hybridized carbons (Fsp3) is 0.600. The van der Waals surface area contributed by atoms with Crippen LogP contribution >= 0.6 is 12.4 Å². The number of nitrogens with one attached hydrogen (secondary N) is 1. The lowest BCUT2D eigenvalue weighted by atomic mass is 10.1. The molecule has 0 saturated carbocycles. The topological polar surface area (TPSA) is 49.4 Å². The molecule has 1 fully saturated rings. The van der Waals surface area contributed by atoms with Gasteiger partial charge in [0, 0.05) is 31.9 Å². The van der Waals surface area contributed by atoms with Gasteiger partial charge in [0.1, 0.15) is 0 Å². The number of sulfone groups is 1. The molecule has 0 aromatic heterocycles. The van der Waals surface area contributed by atoms with Crippen LogP contribution in [-0.4, -0.2) is 44.5 Å². The fourth-order valence-electron chi connectivity index (χ4n) is 3.30. The molecule has 0 spiro atoms. The van der Waals surface area contributed by atoms with Gasteiger partial charge in [0.25, 0.3) is 0 Å². The average molecular weight is 331 g/mol. The monoisotopic (exact) mass is 330 g/mol. The third-order valence-electron chi connectivity index (χ3n) is 4.15. The number of halogens is 1. The highest BCUT2D eigenvalue weighted by molar-refractivity contribution is 7.91. The van der Waals surface area contributed by atoms with Gasteiger partial charge in [0.2, 0.25) is 0 Å². The summed E-state index contributed by atoms with van der Waals surface area (Å²) in [7, 11) is -2.86. The Morgan fingerprint density at radius 2 is 2.19 bits per heavy atom. The minimum absolute atomic E-state index is 0. The fourth-order valence-corrected chi connectivity index (χ4v) is 4.97. The highest BCUT2D eigenvalue weighted by Gasteiger charge is 2.25. The Hall–Kier alpha value is -0.780. The van der Waals surface area contributed by atoms with Gasteiger partial charge in [-0.15, -0.1) is 12.4 Å². The molecule has 0 aliphatic carbocycles. The van der Waals surface area contributed by atoms with Crippen molar-refractivity contribution in [2.24, 2.45) is 5.92 Å². The molecule has 0 radical (unpaired) electrons. The Morgan fingerprint density at radius 3 is 3.00 bits per heavy atom. The summed E-state index contributed by atoms with van der Waals surface area (Å²) in [6, 6.07) is 6.44. The second-order valence-corrected chi connectivity index (χ2v) is 8.31. The molecule has 21 heavy (non-hydrogen) atoms. The standard InChI is InChI=1S/C15H22N2O2S.ClH/c1-12-9-17(7-8-20(18,19)11-12)10-14-4-2-3-13-5-6-16-15(13)14;/h2-4,12,16H,5-11H2,1H3;1H. The molecule has 1 unspecified atom stereocenters. The minimum atomic E-state index is -2.86. The van der Waals surface area contributed by atoms with Crippen LogP contribution in [0.2, 0.25) is 0 Å². The smallest absolute Gasteiger partial charge is 0.151 e. The van der Waals surface area contributed by atoms with Crippen molar-refractivity contribution in [2.75, 3.05) is 36.5 Å². The van der Waals surface area contributed by atoms with E-state index in [1.807, 2.05) is 6.92 Å². The number of hydrogen-bond acceptors (Lipinski definition) is 4. The van der Waals surface area contributed by atoms with Gasteiger partial charge in [0.15, 0.2) is 9.84 Å². The van der Waals surface area contributed by atoms with E-state index in [0.29, 0.717) is 18.1 Å². The van der Waals surface area contributed by atoms with Gasteiger partial charge in [-0.05, 0) is 23.5 Å². The third kappa shape index (κ3) is 3.90. The average Bonchev–Trinajstić information content (AvgIpc) is 2.79. The first kappa shape index (κ1) is 16.6. The molecule has 1 saturated heterocycles. The predicted octanol–water partition coefficient (Wildman–Crippen LogP) is 1.94. The van der Waals surface area contributed by atoms with E-state index in [2.05, 4.69) is 28.4 Å². The summed E-state index contributed by atoms with van der Waals surface area (Å²) in [5, 5.41) is 3.46. The van der Waals surface area contributed by atoms with Crippen LogP contribution in [0.15, 0.2) is 18.2 Å². The number of anilines is 1. The van der Waals surface area contributed by atoms with Crippen LogP contribution < -0.4 is 5.32 Å². The lowest BCUT2D eigenvalue weighted by Crippen LogP contribution is -2.29. The number of fused-ring (bicyclic) bond motifs is 1. The molecular formula is C15H23ClN2O2S. The Bertz CT molecular complexity index is 604. The zero-order chi connectivity index (χ0) is 14.2. The molecular weight excluding hydrogens is 308 g/mol. The summed E-state index contributed by atoms with van der Waals surface area (Å²) < 4.78 is 23.7. The number of hydrogen-bond donors (Lipinski definition) is 1. The highest BCUT2D eigenvalue weighted by atomic mass is 35.5. The maximum Gasteiger partial charge on any atom is 0.151 e. The summed E-state index contributed by atoms with van der Waals surface area (Å²) in [6.45, 7) is 5.40. The largest absolute Gasteiger partial charge is 0.384 e. The number of nitrogens with zero attached hydrogens (tertiary/aromatic N) is 1. The summed E-state index contributed by atoms with van der Waals surface area (Å²) in [4.78, 5) is 2.28. The first-order valence-corrected chi connectivity index (χ1v) is 9.13. The van der Waals surface area contributed by atoms with Crippen LogP contribution in [0, 0.1) is 5.92 Å². The van der Waals surface area contributed by atoms with Crippen LogP contribution in [0.1, 0.15) is 18.1 Å². The van der Waals surface area contributed by atoms with Crippen LogP contribution in [0.25, 0.3) is 0 Å². The van der Waals surface area contributed by atoms with Gasteiger partial charge in [0.05, 0.1) is 11.5 Å². The molecule has 1 atom stereocenters. The van der Waals surface area contributed by atoms with Gasteiger partial charge in [-0.1, -0.05) is 25.1 Å². The normalized spacial score (nSPS) is 24.5. The summed E-state index contributed by atoms with van der Waals surface area (Å²) in [5.41, 5.74) is 3.96. The van der Waals surface area contributed by atoms with Crippen LogP contribution in [0.4, 0.5) is 5.69 Å². The van der Waals surface area contributed by atoms with E-state index in [9.17, 15) is 8.42 Å². The van der Waals surface area contributed by atoms with E-state index < -0.39 is 9.84 Å². The predicted molar refractivity (Wildman–Crippen MR) is 89.0 cm³/mol. The van der Waals surface area contributed by atoms with Crippen LogP contribution in [-0.2, 0) is 22.8 Å². The molecule has 118 valence electrons. The van der Waals surface area contributed by atoms with E-state index >= 15 is 0 Å². The Labute approximate surface area is 133 Å². The molecule has 2 heterocycles. The van der Waals surface area contributed by atoms with Crippen molar-refractivity contribution < 1.29 is 8.42 Å². The van der Waals surface area contributed by atoms with Gasteiger partial charge in [-0.25, -0.2) is 8.42 Å².